The number of aromatic nitrogens is 2. The van der Waals surface area contributed by atoms with Crippen LogP contribution in [-0.4, -0.2) is 46.8 Å². The Morgan fingerprint density at radius 1 is 1.43 bits per heavy atom. The number of nitrogens with zero attached hydrogens (tertiary/aromatic N) is 3. The largest absolute Gasteiger partial charge is 0.337 e. The molecule has 0 radical (unpaired) electrons. The quantitative estimate of drug-likeness (QED) is 0.927. The van der Waals surface area contributed by atoms with E-state index in [1.807, 2.05) is 10.7 Å². The molecule has 2 fully saturated rings. The molecule has 3 rings (SSSR count). The molecule has 0 aromatic carbocycles. The van der Waals surface area contributed by atoms with Gasteiger partial charge >= 0.3 is 0 Å². The van der Waals surface area contributed by atoms with Gasteiger partial charge in [0.2, 0.25) is 0 Å². The highest BCUT2D eigenvalue weighted by Gasteiger charge is 2.41. The number of nitrogens with one attached hydrogen (secondary N) is 1. The van der Waals surface area contributed by atoms with Gasteiger partial charge in [-0.05, 0) is 51.1 Å². The SMILES string of the molecule is CCn1nc(CC(C)C)cc1C(=O)N1CC[C@]2(CCCNC2)C1. The molecule has 1 spiro atoms. The fraction of sp³-hybridized carbons (Fsp3) is 0.778. The predicted octanol–water partition coefficient (Wildman–Crippen LogP) is 2.32. The van der Waals surface area contributed by atoms with E-state index in [9.17, 15) is 4.79 Å². The van der Waals surface area contributed by atoms with Crippen LogP contribution in [0.3, 0.4) is 0 Å². The van der Waals surface area contributed by atoms with Crippen molar-refractivity contribution in [2.24, 2.45) is 11.3 Å². The van der Waals surface area contributed by atoms with Gasteiger partial charge < -0.3 is 10.2 Å². The Balaban J connectivity index is 1.74. The molecule has 2 aliphatic heterocycles. The maximum absolute atomic E-state index is 13.0. The van der Waals surface area contributed by atoms with Crippen LogP contribution in [0.25, 0.3) is 0 Å². The van der Waals surface area contributed by atoms with E-state index in [1.54, 1.807) is 0 Å². The van der Waals surface area contributed by atoms with Crippen LogP contribution in [0.15, 0.2) is 6.07 Å². The molecule has 0 bridgehead atoms. The second kappa shape index (κ2) is 6.63. The van der Waals surface area contributed by atoms with Crippen molar-refractivity contribution in [3.63, 3.8) is 0 Å². The summed E-state index contributed by atoms with van der Waals surface area (Å²) in [5, 5.41) is 8.13. The maximum atomic E-state index is 13.0. The minimum atomic E-state index is 0.164. The van der Waals surface area contributed by atoms with Crippen molar-refractivity contribution < 1.29 is 4.79 Å². The first-order valence-corrected chi connectivity index (χ1v) is 9.10. The Hall–Kier alpha value is -1.36. The summed E-state index contributed by atoms with van der Waals surface area (Å²) in [6, 6.07) is 2.01. The minimum Gasteiger partial charge on any atom is -0.337 e. The van der Waals surface area contributed by atoms with Crippen LogP contribution >= 0.6 is 0 Å². The predicted molar refractivity (Wildman–Crippen MR) is 91.5 cm³/mol. The summed E-state index contributed by atoms with van der Waals surface area (Å²) in [6.07, 6.45) is 4.54. The molecule has 1 atom stereocenters. The maximum Gasteiger partial charge on any atom is 0.272 e. The summed E-state index contributed by atoms with van der Waals surface area (Å²) in [4.78, 5) is 15.0. The Kier molecular flexibility index (Phi) is 4.76. The highest BCUT2D eigenvalue weighted by molar-refractivity contribution is 5.93. The number of aryl methyl sites for hydroxylation is 1. The van der Waals surface area contributed by atoms with Crippen LogP contribution in [0.2, 0.25) is 0 Å². The summed E-state index contributed by atoms with van der Waals surface area (Å²) in [5.41, 5.74) is 2.12. The molecule has 23 heavy (non-hydrogen) atoms. The minimum absolute atomic E-state index is 0.164. The second-order valence-electron chi connectivity index (χ2n) is 7.69. The van der Waals surface area contributed by atoms with Crippen LogP contribution in [0.1, 0.15) is 56.2 Å². The van der Waals surface area contributed by atoms with Gasteiger partial charge in [-0.25, -0.2) is 0 Å². The molecule has 2 aliphatic rings. The van der Waals surface area contributed by atoms with E-state index in [-0.39, 0.29) is 5.91 Å². The molecular formula is C18H30N4O. The summed E-state index contributed by atoms with van der Waals surface area (Å²) >= 11 is 0. The molecule has 1 aromatic rings. The lowest BCUT2D eigenvalue weighted by Crippen LogP contribution is -2.42. The number of carbonyl (C=O) groups is 1. The third-order valence-electron chi connectivity index (χ3n) is 5.25. The van der Waals surface area contributed by atoms with Gasteiger partial charge in [-0.1, -0.05) is 13.8 Å². The van der Waals surface area contributed by atoms with Gasteiger partial charge in [0.1, 0.15) is 5.69 Å². The van der Waals surface area contributed by atoms with Gasteiger partial charge in [-0.15, -0.1) is 0 Å². The lowest BCUT2D eigenvalue weighted by Gasteiger charge is -2.33. The molecule has 0 aliphatic carbocycles. The van der Waals surface area contributed by atoms with Crippen LogP contribution in [0, 0.1) is 11.3 Å². The number of likely N-dealkylation sites (tertiary alicyclic amines) is 1. The lowest BCUT2D eigenvalue weighted by atomic mass is 9.80. The molecule has 5 heteroatoms. The standard InChI is InChI=1S/C18H30N4O/c1-4-22-16(11-15(20-22)10-14(2)3)17(23)21-9-7-18(13-21)6-5-8-19-12-18/h11,14,19H,4-10,12-13H2,1-3H3/t18-/m0/s1. The third kappa shape index (κ3) is 3.44. The van der Waals surface area contributed by atoms with Gasteiger partial charge in [0.15, 0.2) is 0 Å². The number of hydrogen-bond acceptors (Lipinski definition) is 3. The molecule has 1 amide bonds. The monoisotopic (exact) mass is 318 g/mol. The van der Waals surface area contributed by atoms with E-state index in [2.05, 4.69) is 36.1 Å². The Labute approximate surface area is 139 Å². The molecule has 5 nitrogen and oxygen atoms in total. The second-order valence-corrected chi connectivity index (χ2v) is 7.69. The fourth-order valence-corrected chi connectivity index (χ4v) is 4.05. The first kappa shape index (κ1) is 16.5. The zero-order valence-corrected chi connectivity index (χ0v) is 14.8. The van der Waals surface area contributed by atoms with Crippen molar-refractivity contribution in [1.29, 1.82) is 0 Å². The number of piperidine rings is 1. The molecular weight excluding hydrogens is 288 g/mol. The van der Waals surface area contributed by atoms with Crippen LogP contribution < -0.4 is 5.32 Å². The fourth-order valence-electron chi connectivity index (χ4n) is 4.05. The van der Waals surface area contributed by atoms with Crippen LogP contribution in [-0.2, 0) is 13.0 Å². The van der Waals surface area contributed by atoms with Gasteiger partial charge in [0, 0.05) is 31.6 Å². The van der Waals surface area contributed by atoms with Crippen molar-refractivity contribution in [3.8, 4) is 0 Å². The zero-order chi connectivity index (χ0) is 16.4. The van der Waals surface area contributed by atoms with Crippen molar-refractivity contribution >= 4 is 5.91 Å². The average molecular weight is 318 g/mol. The van der Waals surface area contributed by atoms with Crippen LogP contribution in [0.5, 0.6) is 0 Å². The molecule has 1 N–H and O–H groups in total. The Bertz CT molecular complexity index is 557. The van der Waals surface area contributed by atoms with Gasteiger partial charge in [0.25, 0.3) is 5.91 Å². The summed E-state index contributed by atoms with van der Waals surface area (Å²) in [7, 11) is 0. The summed E-state index contributed by atoms with van der Waals surface area (Å²) in [5.74, 6) is 0.721. The van der Waals surface area contributed by atoms with E-state index in [0.29, 0.717) is 11.3 Å². The van der Waals surface area contributed by atoms with Crippen molar-refractivity contribution in [3.05, 3.63) is 17.5 Å². The molecule has 0 unspecified atom stereocenters. The topological polar surface area (TPSA) is 50.2 Å². The molecule has 3 heterocycles. The van der Waals surface area contributed by atoms with Crippen molar-refractivity contribution in [2.45, 2.75) is 53.0 Å². The van der Waals surface area contributed by atoms with Gasteiger partial charge in [-0.3, -0.25) is 9.48 Å². The first-order valence-electron chi connectivity index (χ1n) is 9.10. The molecule has 2 saturated heterocycles. The van der Waals surface area contributed by atoms with E-state index in [4.69, 9.17) is 0 Å². The van der Waals surface area contributed by atoms with Gasteiger partial charge in [0.05, 0.1) is 5.69 Å². The lowest BCUT2D eigenvalue weighted by molar-refractivity contribution is 0.0752. The number of amides is 1. The van der Waals surface area contributed by atoms with Crippen molar-refractivity contribution in [2.75, 3.05) is 26.2 Å². The molecule has 0 saturated carbocycles. The zero-order valence-electron chi connectivity index (χ0n) is 14.8. The van der Waals surface area contributed by atoms with Gasteiger partial charge in [-0.2, -0.15) is 5.10 Å². The summed E-state index contributed by atoms with van der Waals surface area (Å²) in [6.45, 7) is 11.1. The van der Waals surface area contributed by atoms with Crippen molar-refractivity contribution in [1.82, 2.24) is 20.0 Å². The van der Waals surface area contributed by atoms with E-state index < -0.39 is 0 Å². The third-order valence-corrected chi connectivity index (χ3v) is 5.25. The number of hydrogen-bond donors (Lipinski definition) is 1. The highest BCUT2D eigenvalue weighted by atomic mass is 16.2. The first-order chi connectivity index (χ1) is 11.0. The van der Waals surface area contributed by atoms with E-state index in [0.717, 1.165) is 57.0 Å². The smallest absolute Gasteiger partial charge is 0.272 e. The molecule has 128 valence electrons. The average Bonchev–Trinajstić information content (AvgIpc) is 3.11. The molecule has 1 aromatic heterocycles. The Morgan fingerprint density at radius 2 is 2.26 bits per heavy atom. The van der Waals surface area contributed by atoms with Crippen LogP contribution in [0.4, 0.5) is 0 Å². The number of rotatable bonds is 4. The highest BCUT2D eigenvalue weighted by Crippen LogP contribution is 2.36. The van der Waals surface area contributed by atoms with E-state index >= 15 is 0 Å². The Morgan fingerprint density at radius 3 is 2.91 bits per heavy atom. The van der Waals surface area contributed by atoms with E-state index in [1.165, 1.54) is 12.8 Å². The number of carbonyl (C=O) groups excluding carboxylic acids is 1. The normalized spacial score (nSPS) is 24.8. The summed E-state index contributed by atoms with van der Waals surface area (Å²) < 4.78 is 1.88.